The summed E-state index contributed by atoms with van der Waals surface area (Å²) >= 11 is 5.22. The van der Waals surface area contributed by atoms with Gasteiger partial charge in [-0.15, -0.1) is 0 Å². The lowest BCUT2D eigenvalue weighted by Gasteiger charge is -2.18. The van der Waals surface area contributed by atoms with Crippen molar-refractivity contribution in [2.24, 2.45) is 0 Å². The molecule has 90 valence electrons. The molecule has 0 aliphatic carbocycles. The summed E-state index contributed by atoms with van der Waals surface area (Å²) < 4.78 is 0. The molecule has 1 aliphatic rings. The molecule has 1 aromatic carbocycles. The summed E-state index contributed by atoms with van der Waals surface area (Å²) in [6, 6.07) is 7.51. The van der Waals surface area contributed by atoms with E-state index in [1.807, 2.05) is 30.0 Å². The Kier molecular flexibility index (Phi) is 3.74. The standard InChI is InChI=1S/C13H16N2OS/c1-10-5-4-6-11(9-10)12(16)14-13(17)15-7-2-3-8-15/h4-6,9H,2-3,7-8H2,1H3,(H,14,16,17). The first-order chi connectivity index (χ1) is 8.16. The molecule has 2 rings (SSSR count). The van der Waals surface area contributed by atoms with E-state index >= 15 is 0 Å². The maximum absolute atomic E-state index is 11.9. The summed E-state index contributed by atoms with van der Waals surface area (Å²) in [5, 5.41) is 3.33. The smallest absolute Gasteiger partial charge is 0.257 e. The quantitative estimate of drug-likeness (QED) is 0.773. The highest BCUT2D eigenvalue weighted by Gasteiger charge is 2.17. The molecule has 1 amide bonds. The Balaban J connectivity index is 1.99. The van der Waals surface area contributed by atoms with Crippen molar-refractivity contribution in [1.29, 1.82) is 0 Å². The minimum atomic E-state index is -0.120. The zero-order chi connectivity index (χ0) is 12.3. The highest BCUT2D eigenvalue weighted by Crippen LogP contribution is 2.08. The molecule has 0 spiro atoms. The number of thiocarbonyl (C=S) groups is 1. The summed E-state index contributed by atoms with van der Waals surface area (Å²) in [4.78, 5) is 14.0. The van der Waals surface area contributed by atoms with Crippen LogP contribution in [0.2, 0.25) is 0 Å². The normalized spacial score (nSPS) is 14.8. The van der Waals surface area contributed by atoms with Gasteiger partial charge in [0.2, 0.25) is 0 Å². The Bertz CT molecular complexity index is 439. The Labute approximate surface area is 107 Å². The van der Waals surface area contributed by atoms with E-state index in [-0.39, 0.29) is 5.91 Å². The third kappa shape index (κ3) is 3.03. The number of nitrogens with one attached hydrogen (secondary N) is 1. The van der Waals surface area contributed by atoms with Gasteiger partial charge in [-0.05, 0) is 44.1 Å². The van der Waals surface area contributed by atoms with Crippen LogP contribution in [0.1, 0.15) is 28.8 Å². The van der Waals surface area contributed by atoms with Crippen LogP contribution in [0.25, 0.3) is 0 Å². The van der Waals surface area contributed by atoms with Crippen LogP contribution in [0.4, 0.5) is 0 Å². The average molecular weight is 248 g/mol. The van der Waals surface area contributed by atoms with Crippen molar-refractivity contribution < 1.29 is 4.79 Å². The van der Waals surface area contributed by atoms with Gasteiger partial charge < -0.3 is 4.90 Å². The molecule has 3 nitrogen and oxygen atoms in total. The second kappa shape index (κ2) is 5.27. The van der Waals surface area contributed by atoms with Crippen molar-refractivity contribution in [3.63, 3.8) is 0 Å². The third-order valence-electron chi connectivity index (χ3n) is 2.89. The Hall–Kier alpha value is -1.42. The van der Waals surface area contributed by atoms with E-state index in [1.54, 1.807) is 6.07 Å². The van der Waals surface area contributed by atoms with Crippen molar-refractivity contribution >= 4 is 23.2 Å². The van der Waals surface area contributed by atoms with Crippen molar-refractivity contribution in [2.75, 3.05) is 13.1 Å². The third-order valence-corrected chi connectivity index (χ3v) is 3.25. The van der Waals surface area contributed by atoms with E-state index < -0.39 is 0 Å². The Morgan fingerprint density at radius 2 is 2.06 bits per heavy atom. The van der Waals surface area contributed by atoms with Crippen molar-refractivity contribution in [1.82, 2.24) is 10.2 Å². The maximum Gasteiger partial charge on any atom is 0.257 e. The number of carbonyl (C=O) groups excluding carboxylic acids is 1. The molecular weight excluding hydrogens is 232 g/mol. The van der Waals surface area contributed by atoms with Gasteiger partial charge >= 0.3 is 0 Å². The number of carbonyl (C=O) groups is 1. The molecule has 1 saturated heterocycles. The van der Waals surface area contributed by atoms with Crippen LogP contribution >= 0.6 is 12.2 Å². The molecule has 17 heavy (non-hydrogen) atoms. The van der Waals surface area contributed by atoms with Crippen molar-refractivity contribution in [2.45, 2.75) is 19.8 Å². The molecule has 1 aromatic rings. The second-order valence-electron chi connectivity index (χ2n) is 4.32. The molecule has 1 fully saturated rings. The number of amides is 1. The number of aryl methyl sites for hydroxylation is 1. The first-order valence-corrected chi connectivity index (χ1v) is 6.24. The SMILES string of the molecule is Cc1cccc(C(=O)NC(=S)N2CCCC2)c1. The Morgan fingerprint density at radius 3 is 2.71 bits per heavy atom. The van der Waals surface area contributed by atoms with Gasteiger partial charge in [0.05, 0.1) is 0 Å². The van der Waals surface area contributed by atoms with Crippen molar-refractivity contribution in [3.05, 3.63) is 35.4 Å². The fourth-order valence-corrected chi connectivity index (χ4v) is 2.23. The van der Waals surface area contributed by atoms with Crippen LogP contribution in [0.3, 0.4) is 0 Å². The largest absolute Gasteiger partial charge is 0.349 e. The van der Waals surface area contributed by atoms with Gasteiger partial charge in [0.15, 0.2) is 5.11 Å². The van der Waals surface area contributed by atoms with E-state index in [1.165, 1.54) is 0 Å². The average Bonchev–Trinajstić information content (AvgIpc) is 2.82. The van der Waals surface area contributed by atoms with Gasteiger partial charge in [-0.3, -0.25) is 10.1 Å². The van der Waals surface area contributed by atoms with Crippen LogP contribution in [-0.4, -0.2) is 29.0 Å². The summed E-state index contributed by atoms with van der Waals surface area (Å²) in [6.45, 7) is 3.87. The number of rotatable bonds is 1. The molecular formula is C13H16N2OS. The van der Waals surface area contributed by atoms with Crippen molar-refractivity contribution in [3.8, 4) is 0 Å². The van der Waals surface area contributed by atoms with E-state index in [0.29, 0.717) is 10.7 Å². The highest BCUT2D eigenvalue weighted by molar-refractivity contribution is 7.80. The second-order valence-corrected chi connectivity index (χ2v) is 4.71. The molecule has 0 atom stereocenters. The first kappa shape index (κ1) is 12.0. The van der Waals surface area contributed by atoms with Crippen LogP contribution in [0.5, 0.6) is 0 Å². The molecule has 1 heterocycles. The van der Waals surface area contributed by atoms with Crippen LogP contribution in [0, 0.1) is 6.92 Å². The predicted molar refractivity (Wildman–Crippen MR) is 72.1 cm³/mol. The zero-order valence-electron chi connectivity index (χ0n) is 9.90. The zero-order valence-corrected chi connectivity index (χ0v) is 10.7. The molecule has 1 N–H and O–H groups in total. The summed E-state index contributed by atoms with van der Waals surface area (Å²) in [7, 11) is 0. The Morgan fingerprint density at radius 1 is 1.35 bits per heavy atom. The fourth-order valence-electron chi connectivity index (χ4n) is 1.95. The summed E-state index contributed by atoms with van der Waals surface area (Å²) in [5.41, 5.74) is 1.73. The lowest BCUT2D eigenvalue weighted by molar-refractivity contribution is 0.0974. The van der Waals surface area contributed by atoms with E-state index in [0.717, 1.165) is 31.5 Å². The summed E-state index contributed by atoms with van der Waals surface area (Å²) in [6.07, 6.45) is 2.31. The summed E-state index contributed by atoms with van der Waals surface area (Å²) in [5.74, 6) is -0.120. The van der Waals surface area contributed by atoms with E-state index in [9.17, 15) is 4.79 Å². The van der Waals surface area contributed by atoms with Gasteiger partial charge in [0.25, 0.3) is 5.91 Å². The van der Waals surface area contributed by atoms with Gasteiger partial charge in [0, 0.05) is 18.7 Å². The van der Waals surface area contributed by atoms with Gasteiger partial charge in [-0.2, -0.15) is 0 Å². The monoisotopic (exact) mass is 248 g/mol. The number of nitrogens with zero attached hydrogens (tertiary/aromatic N) is 1. The first-order valence-electron chi connectivity index (χ1n) is 5.84. The van der Waals surface area contributed by atoms with Crippen LogP contribution in [0.15, 0.2) is 24.3 Å². The number of hydrogen-bond acceptors (Lipinski definition) is 2. The number of likely N-dealkylation sites (tertiary alicyclic amines) is 1. The fraction of sp³-hybridized carbons (Fsp3) is 0.385. The molecule has 0 bridgehead atoms. The lowest BCUT2D eigenvalue weighted by Crippen LogP contribution is -2.41. The minimum Gasteiger partial charge on any atom is -0.349 e. The van der Waals surface area contributed by atoms with Crippen LogP contribution in [-0.2, 0) is 0 Å². The molecule has 4 heteroatoms. The van der Waals surface area contributed by atoms with Crippen LogP contribution < -0.4 is 5.32 Å². The van der Waals surface area contributed by atoms with E-state index in [2.05, 4.69) is 5.32 Å². The topological polar surface area (TPSA) is 32.3 Å². The molecule has 0 unspecified atom stereocenters. The molecule has 0 aromatic heterocycles. The number of hydrogen-bond donors (Lipinski definition) is 1. The predicted octanol–water partition coefficient (Wildman–Crippen LogP) is 2.11. The van der Waals surface area contributed by atoms with Gasteiger partial charge in [-0.25, -0.2) is 0 Å². The number of benzene rings is 1. The minimum absolute atomic E-state index is 0.120. The molecule has 0 saturated carbocycles. The van der Waals surface area contributed by atoms with E-state index in [4.69, 9.17) is 12.2 Å². The molecule has 0 radical (unpaired) electrons. The molecule has 1 aliphatic heterocycles. The maximum atomic E-state index is 11.9. The van der Waals surface area contributed by atoms with Gasteiger partial charge in [-0.1, -0.05) is 17.7 Å². The highest BCUT2D eigenvalue weighted by atomic mass is 32.1. The van der Waals surface area contributed by atoms with Gasteiger partial charge in [0.1, 0.15) is 0 Å². The lowest BCUT2D eigenvalue weighted by atomic mass is 10.1.